The molecule has 0 radical (unpaired) electrons. The molecule has 2 aromatic carbocycles. The summed E-state index contributed by atoms with van der Waals surface area (Å²) in [5.74, 6) is -0.927. The summed E-state index contributed by atoms with van der Waals surface area (Å²) >= 11 is 0. The van der Waals surface area contributed by atoms with Crippen LogP contribution in [-0.2, 0) is 12.8 Å². The lowest BCUT2D eigenvalue weighted by Crippen LogP contribution is -2.03. The minimum atomic E-state index is -0.927. The third kappa shape index (κ3) is 2.00. The number of nitrogens with zero attached hydrogens (tertiary/aromatic N) is 2. The van der Waals surface area contributed by atoms with Gasteiger partial charge in [0.15, 0.2) is 0 Å². The van der Waals surface area contributed by atoms with Crippen LogP contribution in [0.4, 0.5) is 0 Å². The number of carboxylic acids is 1. The van der Waals surface area contributed by atoms with Gasteiger partial charge in [-0.15, -0.1) is 0 Å². The third-order valence-electron chi connectivity index (χ3n) is 4.09. The lowest BCUT2D eigenvalue weighted by atomic mass is 9.90. The van der Waals surface area contributed by atoms with Crippen molar-refractivity contribution in [2.75, 3.05) is 0 Å². The Morgan fingerprint density at radius 2 is 1.91 bits per heavy atom. The SMILES string of the molecule is O=C(O)c1cccc(-n2cc3c(n2)CCc2ccccc2-3)c1. The van der Waals surface area contributed by atoms with E-state index in [1.54, 1.807) is 22.9 Å². The van der Waals surface area contributed by atoms with E-state index < -0.39 is 5.97 Å². The molecule has 4 heteroatoms. The molecular weight excluding hydrogens is 276 g/mol. The Labute approximate surface area is 127 Å². The molecular formula is C18H14N2O2. The number of carbonyl (C=O) groups is 1. The second kappa shape index (κ2) is 4.84. The highest BCUT2D eigenvalue weighted by Crippen LogP contribution is 2.33. The van der Waals surface area contributed by atoms with Crippen LogP contribution in [0.2, 0.25) is 0 Å². The van der Waals surface area contributed by atoms with Crippen molar-refractivity contribution in [2.24, 2.45) is 0 Å². The minimum absolute atomic E-state index is 0.270. The average Bonchev–Trinajstić information content (AvgIpc) is 2.99. The second-order valence-electron chi connectivity index (χ2n) is 5.45. The molecule has 0 unspecified atom stereocenters. The lowest BCUT2D eigenvalue weighted by molar-refractivity contribution is 0.0697. The van der Waals surface area contributed by atoms with E-state index in [0.717, 1.165) is 29.8 Å². The van der Waals surface area contributed by atoms with Crippen LogP contribution in [0, 0.1) is 0 Å². The van der Waals surface area contributed by atoms with Crippen molar-refractivity contribution in [3.05, 3.63) is 71.5 Å². The first kappa shape index (κ1) is 12.8. The normalized spacial score (nSPS) is 12.5. The van der Waals surface area contributed by atoms with Gasteiger partial charge in [-0.05, 0) is 42.2 Å². The molecule has 3 aromatic rings. The quantitative estimate of drug-likeness (QED) is 0.787. The van der Waals surface area contributed by atoms with Crippen LogP contribution in [0.5, 0.6) is 0 Å². The number of aromatic carboxylic acids is 1. The largest absolute Gasteiger partial charge is 0.478 e. The molecule has 0 amide bonds. The molecule has 0 saturated carbocycles. The predicted molar refractivity (Wildman–Crippen MR) is 83.4 cm³/mol. The van der Waals surface area contributed by atoms with Gasteiger partial charge >= 0.3 is 5.97 Å². The number of rotatable bonds is 2. The molecule has 0 spiro atoms. The van der Waals surface area contributed by atoms with Crippen LogP contribution in [0.25, 0.3) is 16.8 Å². The van der Waals surface area contributed by atoms with Gasteiger partial charge in [0.25, 0.3) is 0 Å². The van der Waals surface area contributed by atoms with Crippen LogP contribution in [0.3, 0.4) is 0 Å². The monoisotopic (exact) mass is 290 g/mol. The zero-order chi connectivity index (χ0) is 15.1. The summed E-state index contributed by atoms with van der Waals surface area (Å²) in [6.45, 7) is 0. The molecule has 4 rings (SSSR count). The highest BCUT2D eigenvalue weighted by Gasteiger charge is 2.19. The molecule has 0 atom stereocenters. The van der Waals surface area contributed by atoms with Gasteiger partial charge in [-0.1, -0.05) is 30.3 Å². The first-order chi connectivity index (χ1) is 10.7. The standard InChI is InChI=1S/C18H14N2O2/c21-18(22)13-5-3-6-14(10-13)20-11-16-15-7-2-1-4-12(15)8-9-17(16)19-20/h1-7,10-11H,8-9H2,(H,21,22). The Morgan fingerprint density at radius 3 is 2.77 bits per heavy atom. The highest BCUT2D eigenvalue weighted by atomic mass is 16.4. The van der Waals surface area contributed by atoms with Gasteiger partial charge in [0.05, 0.1) is 16.9 Å². The molecule has 108 valence electrons. The maximum absolute atomic E-state index is 11.1. The Balaban J connectivity index is 1.82. The maximum Gasteiger partial charge on any atom is 0.335 e. The molecule has 4 nitrogen and oxygen atoms in total. The van der Waals surface area contributed by atoms with E-state index in [1.807, 2.05) is 18.3 Å². The summed E-state index contributed by atoms with van der Waals surface area (Å²) in [5.41, 5.74) is 5.82. The van der Waals surface area contributed by atoms with E-state index in [-0.39, 0.29) is 5.56 Å². The molecule has 1 aromatic heterocycles. The predicted octanol–water partition coefficient (Wildman–Crippen LogP) is 3.34. The van der Waals surface area contributed by atoms with Gasteiger partial charge in [0.2, 0.25) is 0 Å². The van der Waals surface area contributed by atoms with Gasteiger partial charge in [-0.2, -0.15) is 5.10 Å². The Hall–Kier alpha value is -2.88. The fourth-order valence-electron chi connectivity index (χ4n) is 2.99. The van der Waals surface area contributed by atoms with Crippen molar-refractivity contribution in [1.29, 1.82) is 0 Å². The summed E-state index contributed by atoms with van der Waals surface area (Å²) < 4.78 is 1.78. The third-order valence-corrected chi connectivity index (χ3v) is 4.09. The molecule has 0 aliphatic heterocycles. The molecule has 0 saturated heterocycles. The zero-order valence-corrected chi connectivity index (χ0v) is 11.9. The Bertz CT molecular complexity index is 880. The topological polar surface area (TPSA) is 55.1 Å². The maximum atomic E-state index is 11.1. The summed E-state index contributed by atoms with van der Waals surface area (Å²) in [4.78, 5) is 11.1. The Morgan fingerprint density at radius 1 is 1.05 bits per heavy atom. The van der Waals surface area contributed by atoms with Crippen molar-refractivity contribution >= 4 is 5.97 Å². The summed E-state index contributed by atoms with van der Waals surface area (Å²) in [6.07, 6.45) is 3.90. The van der Waals surface area contributed by atoms with Crippen molar-refractivity contribution in [1.82, 2.24) is 9.78 Å². The van der Waals surface area contributed by atoms with E-state index in [4.69, 9.17) is 5.11 Å². The van der Waals surface area contributed by atoms with Crippen LogP contribution in [0.15, 0.2) is 54.7 Å². The number of aryl methyl sites for hydroxylation is 2. The fraction of sp³-hybridized carbons (Fsp3) is 0.111. The molecule has 0 bridgehead atoms. The fourth-order valence-corrected chi connectivity index (χ4v) is 2.99. The van der Waals surface area contributed by atoms with E-state index in [1.165, 1.54) is 11.1 Å². The second-order valence-corrected chi connectivity index (χ2v) is 5.45. The van der Waals surface area contributed by atoms with Gasteiger partial charge in [-0.25, -0.2) is 9.48 Å². The van der Waals surface area contributed by atoms with E-state index in [0.29, 0.717) is 0 Å². The molecule has 1 N–H and O–H groups in total. The lowest BCUT2D eigenvalue weighted by Gasteiger charge is -2.13. The number of hydrogen-bond acceptors (Lipinski definition) is 2. The summed E-state index contributed by atoms with van der Waals surface area (Å²) in [7, 11) is 0. The zero-order valence-electron chi connectivity index (χ0n) is 11.9. The smallest absolute Gasteiger partial charge is 0.335 e. The van der Waals surface area contributed by atoms with E-state index in [2.05, 4.69) is 23.3 Å². The minimum Gasteiger partial charge on any atom is -0.478 e. The highest BCUT2D eigenvalue weighted by molar-refractivity contribution is 5.88. The number of aromatic nitrogens is 2. The van der Waals surface area contributed by atoms with Crippen LogP contribution in [0.1, 0.15) is 21.6 Å². The van der Waals surface area contributed by atoms with Gasteiger partial charge < -0.3 is 5.11 Å². The Kier molecular flexibility index (Phi) is 2.82. The van der Waals surface area contributed by atoms with E-state index in [9.17, 15) is 4.79 Å². The molecule has 0 fully saturated rings. The number of fused-ring (bicyclic) bond motifs is 3. The summed E-state index contributed by atoms with van der Waals surface area (Å²) in [6, 6.07) is 15.2. The van der Waals surface area contributed by atoms with Crippen LogP contribution in [-0.4, -0.2) is 20.9 Å². The van der Waals surface area contributed by atoms with Crippen molar-refractivity contribution < 1.29 is 9.90 Å². The average molecular weight is 290 g/mol. The van der Waals surface area contributed by atoms with E-state index >= 15 is 0 Å². The molecule has 1 aliphatic carbocycles. The van der Waals surface area contributed by atoms with Crippen molar-refractivity contribution in [3.8, 4) is 16.8 Å². The van der Waals surface area contributed by atoms with Gasteiger partial charge in [-0.3, -0.25) is 0 Å². The first-order valence-electron chi connectivity index (χ1n) is 7.23. The molecule has 1 heterocycles. The number of benzene rings is 2. The van der Waals surface area contributed by atoms with Crippen molar-refractivity contribution in [2.45, 2.75) is 12.8 Å². The van der Waals surface area contributed by atoms with Gasteiger partial charge in [0.1, 0.15) is 0 Å². The number of carboxylic acid groups (broad SMARTS) is 1. The first-order valence-corrected chi connectivity index (χ1v) is 7.23. The van der Waals surface area contributed by atoms with Crippen molar-refractivity contribution in [3.63, 3.8) is 0 Å². The molecule has 22 heavy (non-hydrogen) atoms. The number of hydrogen-bond donors (Lipinski definition) is 1. The van der Waals surface area contributed by atoms with Crippen LogP contribution >= 0.6 is 0 Å². The van der Waals surface area contributed by atoms with Crippen LogP contribution < -0.4 is 0 Å². The van der Waals surface area contributed by atoms with Gasteiger partial charge in [0, 0.05) is 11.8 Å². The molecule has 1 aliphatic rings. The summed E-state index contributed by atoms with van der Waals surface area (Å²) in [5, 5.41) is 13.8.